The van der Waals surface area contributed by atoms with E-state index in [-0.39, 0.29) is 19.1 Å². The number of aryl methyl sites for hydroxylation is 2. The second-order valence-electron chi connectivity index (χ2n) is 5.16. The summed E-state index contributed by atoms with van der Waals surface area (Å²) >= 11 is 0. The molecule has 6 heteroatoms. The average molecular weight is 283 g/mol. The number of aliphatic hydroxyl groups is 1. The van der Waals surface area contributed by atoms with Crippen LogP contribution in [0.5, 0.6) is 0 Å². The molecule has 0 aromatic carbocycles. The zero-order valence-corrected chi connectivity index (χ0v) is 13.0. The van der Waals surface area contributed by atoms with Gasteiger partial charge < -0.3 is 14.7 Å². The molecule has 0 saturated carbocycles. The predicted octanol–water partition coefficient (Wildman–Crippen LogP) is 0.435. The lowest BCUT2D eigenvalue weighted by Gasteiger charge is -2.20. The van der Waals surface area contributed by atoms with E-state index in [1.165, 1.54) is 7.11 Å². The summed E-state index contributed by atoms with van der Waals surface area (Å²) in [5.41, 5.74) is 3.20. The smallest absolute Gasteiger partial charge is 0.222 e. The lowest BCUT2D eigenvalue weighted by atomic mass is 10.1. The van der Waals surface area contributed by atoms with Crippen LogP contribution in [0.3, 0.4) is 0 Å². The highest BCUT2D eigenvalue weighted by Gasteiger charge is 2.16. The first-order chi connectivity index (χ1) is 9.36. The van der Waals surface area contributed by atoms with Crippen molar-refractivity contribution < 1.29 is 14.6 Å². The van der Waals surface area contributed by atoms with E-state index in [0.29, 0.717) is 12.8 Å². The Morgan fingerprint density at radius 1 is 1.50 bits per heavy atom. The Morgan fingerprint density at radius 2 is 2.15 bits per heavy atom. The molecule has 1 unspecified atom stereocenters. The second kappa shape index (κ2) is 7.40. The first-order valence-corrected chi connectivity index (χ1v) is 6.76. The zero-order valence-electron chi connectivity index (χ0n) is 13.0. The summed E-state index contributed by atoms with van der Waals surface area (Å²) in [6.45, 7) is 4.49. The summed E-state index contributed by atoms with van der Waals surface area (Å²) in [5.74, 6) is 0.0165. The van der Waals surface area contributed by atoms with Crippen LogP contribution >= 0.6 is 0 Å². The summed E-state index contributed by atoms with van der Waals surface area (Å²) in [4.78, 5) is 13.6. The van der Waals surface area contributed by atoms with Gasteiger partial charge in [-0.05, 0) is 25.8 Å². The molecule has 0 aliphatic carbocycles. The molecular weight excluding hydrogens is 258 g/mol. The number of rotatable bonds is 7. The molecule has 0 aliphatic heterocycles. The van der Waals surface area contributed by atoms with Gasteiger partial charge in [-0.1, -0.05) is 0 Å². The van der Waals surface area contributed by atoms with Crippen molar-refractivity contribution >= 4 is 5.91 Å². The van der Waals surface area contributed by atoms with E-state index >= 15 is 0 Å². The van der Waals surface area contributed by atoms with Gasteiger partial charge in [0.25, 0.3) is 0 Å². The molecule has 20 heavy (non-hydrogen) atoms. The normalized spacial score (nSPS) is 12.5. The van der Waals surface area contributed by atoms with E-state index in [1.807, 2.05) is 25.6 Å². The van der Waals surface area contributed by atoms with E-state index in [2.05, 4.69) is 5.10 Å². The van der Waals surface area contributed by atoms with Gasteiger partial charge in [-0.3, -0.25) is 9.48 Å². The third-order valence-corrected chi connectivity index (χ3v) is 3.52. The number of hydrogen-bond donors (Lipinski definition) is 1. The summed E-state index contributed by atoms with van der Waals surface area (Å²) in [7, 11) is 5.13. The van der Waals surface area contributed by atoms with Crippen LogP contribution in [0, 0.1) is 13.8 Å². The number of hydrogen-bond acceptors (Lipinski definition) is 4. The Hall–Kier alpha value is -1.40. The number of ether oxygens (including phenoxy) is 1. The molecule has 0 radical (unpaired) electrons. The third-order valence-electron chi connectivity index (χ3n) is 3.52. The number of aromatic nitrogens is 2. The van der Waals surface area contributed by atoms with Crippen molar-refractivity contribution in [1.29, 1.82) is 0 Å². The Balaban J connectivity index is 2.50. The lowest BCUT2D eigenvalue weighted by Crippen LogP contribution is -2.36. The van der Waals surface area contributed by atoms with E-state index in [0.717, 1.165) is 17.0 Å². The molecule has 0 aliphatic rings. The van der Waals surface area contributed by atoms with Gasteiger partial charge in [0.1, 0.15) is 0 Å². The Morgan fingerprint density at radius 3 is 2.65 bits per heavy atom. The van der Waals surface area contributed by atoms with Crippen molar-refractivity contribution in [2.45, 2.75) is 32.8 Å². The minimum atomic E-state index is -0.643. The van der Waals surface area contributed by atoms with E-state index < -0.39 is 6.10 Å². The van der Waals surface area contributed by atoms with E-state index in [1.54, 1.807) is 11.9 Å². The van der Waals surface area contributed by atoms with E-state index in [9.17, 15) is 9.90 Å². The van der Waals surface area contributed by atoms with E-state index in [4.69, 9.17) is 4.74 Å². The van der Waals surface area contributed by atoms with Gasteiger partial charge >= 0.3 is 0 Å². The van der Waals surface area contributed by atoms with Crippen molar-refractivity contribution in [2.75, 3.05) is 27.3 Å². The van der Waals surface area contributed by atoms with Crippen molar-refractivity contribution in [2.24, 2.45) is 7.05 Å². The predicted molar refractivity (Wildman–Crippen MR) is 76.5 cm³/mol. The molecule has 1 amide bonds. The molecule has 1 atom stereocenters. The van der Waals surface area contributed by atoms with Crippen LogP contribution in [0.4, 0.5) is 0 Å². The zero-order chi connectivity index (χ0) is 15.3. The summed E-state index contributed by atoms with van der Waals surface area (Å²) in [6, 6.07) is 0. The molecule has 114 valence electrons. The maximum absolute atomic E-state index is 12.0. The van der Waals surface area contributed by atoms with Crippen LogP contribution in [-0.4, -0.2) is 59.1 Å². The fraction of sp³-hybridized carbons (Fsp3) is 0.714. The van der Waals surface area contributed by atoms with Gasteiger partial charge in [-0.2, -0.15) is 5.10 Å². The molecular formula is C14H25N3O3. The topological polar surface area (TPSA) is 67.6 Å². The molecule has 1 heterocycles. The quantitative estimate of drug-likeness (QED) is 0.788. The molecule has 0 bridgehead atoms. The first kappa shape index (κ1) is 16.7. The minimum absolute atomic E-state index is 0.0165. The van der Waals surface area contributed by atoms with Gasteiger partial charge in [0, 0.05) is 39.9 Å². The molecule has 0 fully saturated rings. The van der Waals surface area contributed by atoms with Crippen LogP contribution in [0.25, 0.3) is 0 Å². The highest BCUT2D eigenvalue weighted by atomic mass is 16.5. The number of likely N-dealkylation sites (N-methyl/N-ethyl adjacent to an activating group) is 1. The maximum atomic E-state index is 12.0. The summed E-state index contributed by atoms with van der Waals surface area (Å²) in [6.07, 6.45) is 0.453. The van der Waals surface area contributed by atoms with Crippen molar-refractivity contribution in [3.63, 3.8) is 0 Å². The van der Waals surface area contributed by atoms with Crippen molar-refractivity contribution in [3.8, 4) is 0 Å². The first-order valence-electron chi connectivity index (χ1n) is 6.76. The number of carbonyl (C=O) groups excluding carboxylic acids is 1. The number of nitrogens with zero attached hydrogens (tertiary/aromatic N) is 3. The van der Waals surface area contributed by atoms with Crippen LogP contribution in [0.15, 0.2) is 0 Å². The number of amides is 1. The number of methoxy groups -OCH3 is 1. The highest BCUT2D eigenvalue weighted by molar-refractivity contribution is 5.76. The van der Waals surface area contributed by atoms with Crippen LogP contribution < -0.4 is 0 Å². The Labute approximate surface area is 120 Å². The third kappa shape index (κ3) is 4.31. The van der Waals surface area contributed by atoms with Gasteiger partial charge in [-0.15, -0.1) is 0 Å². The lowest BCUT2D eigenvalue weighted by molar-refractivity contribution is -0.131. The molecule has 1 aromatic heterocycles. The minimum Gasteiger partial charge on any atom is -0.389 e. The van der Waals surface area contributed by atoms with Crippen molar-refractivity contribution in [3.05, 3.63) is 17.0 Å². The fourth-order valence-electron chi connectivity index (χ4n) is 2.27. The van der Waals surface area contributed by atoms with Crippen LogP contribution in [0.1, 0.15) is 23.4 Å². The van der Waals surface area contributed by atoms with Gasteiger partial charge in [0.2, 0.25) is 5.91 Å². The maximum Gasteiger partial charge on any atom is 0.222 e. The van der Waals surface area contributed by atoms with Gasteiger partial charge in [-0.25, -0.2) is 0 Å². The summed E-state index contributed by atoms with van der Waals surface area (Å²) in [5, 5.41) is 14.0. The molecule has 1 rings (SSSR count). The van der Waals surface area contributed by atoms with Crippen molar-refractivity contribution in [1.82, 2.24) is 14.7 Å². The number of aliphatic hydroxyl groups excluding tert-OH is 1. The monoisotopic (exact) mass is 283 g/mol. The van der Waals surface area contributed by atoms with Crippen LogP contribution in [-0.2, 0) is 23.0 Å². The SMILES string of the molecule is COCC(O)CN(C)C(=O)CCc1c(C)nn(C)c1C. The highest BCUT2D eigenvalue weighted by Crippen LogP contribution is 2.14. The largest absolute Gasteiger partial charge is 0.389 e. The molecule has 1 N–H and O–H groups in total. The van der Waals surface area contributed by atoms with Gasteiger partial charge in [0.15, 0.2) is 0 Å². The Bertz CT molecular complexity index is 457. The number of carbonyl (C=O) groups is 1. The molecule has 6 nitrogen and oxygen atoms in total. The standard InChI is InChI=1S/C14H25N3O3/c1-10-13(11(2)17(4)15-10)6-7-14(19)16(3)8-12(18)9-20-5/h12,18H,6-9H2,1-5H3. The van der Waals surface area contributed by atoms with Gasteiger partial charge in [0.05, 0.1) is 18.4 Å². The fourth-order valence-corrected chi connectivity index (χ4v) is 2.27. The Kier molecular flexibility index (Phi) is 6.16. The molecule has 0 saturated heterocycles. The average Bonchev–Trinajstić information content (AvgIpc) is 2.61. The molecule has 1 aromatic rings. The molecule has 0 spiro atoms. The summed E-state index contributed by atoms with van der Waals surface area (Å²) < 4.78 is 6.68. The second-order valence-corrected chi connectivity index (χ2v) is 5.16. The van der Waals surface area contributed by atoms with Crippen LogP contribution in [0.2, 0.25) is 0 Å².